The average Bonchev–Trinajstić information content (AvgIpc) is 2.63. The lowest BCUT2D eigenvalue weighted by molar-refractivity contribution is 0.609. The topological polar surface area (TPSA) is 50.2 Å². The smallest absolute Gasteiger partial charge is 0.112 e. The van der Waals surface area contributed by atoms with Crippen LogP contribution in [0, 0.1) is 0 Å². The van der Waals surface area contributed by atoms with Crippen molar-refractivity contribution in [3.05, 3.63) is 53.0 Å². The summed E-state index contributed by atoms with van der Waals surface area (Å²) in [6, 6.07) is 0. The summed E-state index contributed by atoms with van der Waals surface area (Å²) in [4.78, 5) is 4.60. The predicted molar refractivity (Wildman–Crippen MR) is 97.9 cm³/mol. The number of allylic oxidation sites excluding steroid dienone is 3. The van der Waals surface area contributed by atoms with E-state index in [1.165, 1.54) is 36.8 Å². The molecule has 0 radical (unpaired) electrons. The Hall–Kier alpha value is -2.23. The Bertz CT molecular complexity index is 677. The third-order valence-electron chi connectivity index (χ3n) is 5.01. The van der Waals surface area contributed by atoms with Crippen LogP contribution in [-0.2, 0) is 12.8 Å². The normalized spacial score (nSPS) is 20.3. The van der Waals surface area contributed by atoms with Gasteiger partial charge >= 0.3 is 0 Å². The maximum atomic E-state index is 4.64. The summed E-state index contributed by atoms with van der Waals surface area (Å²) in [5.74, 6) is 0. The average molecular weight is 320 g/mol. The second kappa shape index (κ2) is 7.12. The fraction of sp³-hybridized carbons (Fsp3) is 0.450. The molecule has 1 aromatic heterocycles. The molecule has 3 heterocycles. The van der Waals surface area contributed by atoms with Gasteiger partial charge in [-0.15, -0.1) is 10.2 Å². The van der Waals surface area contributed by atoms with Crippen molar-refractivity contribution in [3.8, 4) is 0 Å². The van der Waals surface area contributed by atoms with E-state index in [1.54, 1.807) is 0 Å². The lowest BCUT2D eigenvalue weighted by atomic mass is 9.88. The van der Waals surface area contributed by atoms with E-state index in [0.29, 0.717) is 0 Å². The number of aliphatic imine (C=N–C) groups is 1. The minimum atomic E-state index is 0.863. The molecule has 0 atom stereocenters. The number of aromatic nitrogens is 2. The van der Waals surface area contributed by atoms with Crippen molar-refractivity contribution >= 4 is 11.4 Å². The van der Waals surface area contributed by atoms with Crippen LogP contribution in [0.5, 0.6) is 0 Å². The first-order chi connectivity index (χ1) is 11.9. The Morgan fingerprint density at radius 3 is 2.33 bits per heavy atom. The molecule has 0 saturated heterocycles. The van der Waals surface area contributed by atoms with Gasteiger partial charge in [0.25, 0.3) is 0 Å². The quantitative estimate of drug-likeness (QED) is 0.903. The molecule has 1 aromatic rings. The molecule has 4 heteroatoms. The van der Waals surface area contributed by atoms with Crippen molar-refractivity contribution in [1.29, 1.82) is 0 Å². The number of hydrogen-bond donors (Lipinski definition) is 1. The number of dihydropyridines is 1. The summed E-state index contributed by atoms with van der Waals surface area (Å²) in [6.45, 7) is 0.863. The van der Waals surface area contributed by atoms with Crippen LogP contribution in [0.15, 0.2) is 35.5 Å². The van der Waals surface area contributed by atoms with Crippen LogP contribution in [0.1, 0.15) is 61.0 Å². The van der Waals surface area contributed by atoms with Gasteiger partial charge in [0.1, 0.15) is 11.4 Å². The summed E-state index contributed by atoms with van der Waals surface area (Å²) >= 11 is 0. The van der Waals surface area contributed by atoms with Crippen molar-refractivity contribution < 1.29 is 0 Å². The van der Waals surface area contributed by atoms with E-state index in [-0.39, 0.29) is 0 Å². The maximum Gasteiger partial charge on any atom is 0.112 e. The summed E-state index contributed by atoms with van der Waals surface area (Å²) < 4.78 is 0. The minimum Gasteiger partial charge on any atom is -0.380 e. The first kappa shape index (κ1) is 15.3. The molecule has 124 valence electrons. The van der Waals surface area contributed by atoms with Crippen molar-refractivity contribution in [2.45, 2.75) is 51.4 Å². The highest BCUT2D eigenvalue weighted by molar-refractivity contribution is 6.01. The Morgan fingerprint density at radius 2 is 1.62 bits per heavy atom. The largest absolute Gasteiger partial charge is 0.380 e. The first-order valence-electron chi connectivity index (χ1n) is 9.15. The minimum absolute atomic E-state index is 0.863. The molecular weight excluding hydrogens is 296 g/mol. The zero-order valence-electron chi connectivity index (χ0n) is 14.1. The molecular formula is C20H24N4. The molecule has 0 fully saturated rings. The Balaban J connectivity index is 1.83. The molecule has 0 saturated carbocycles. The highest BCUT2D eigenvalue weighted by atomic mass is 15.1. The summed E-state index contributed by atoms with van der Waals surface area (Å²) in [5.41, 5.74) is 7.11. The van der Waals surface area contributed by atoms with Gasteiger partial charge in [-0.05, 0) is 55.7 Å². The van der Waals surface area contributed by atoms with E-state index in [9.17, 15) is 0 Å². The van der Waals surface area contributed by atoms with Crippen LogP contribution in [0.3, 0.4) is 0 Å². The van der Waals surface area contributed by atoms with Crippen LogP contribution < -0.4 is 5.32 Å². The van der Waals surface area contributed by atoms with E-state index in [4.69, 9.17) is 0 Å². The summed E-state index contributed by atoms with van der Waals surface area (Å²) in [5, 5.41) is 12.7. The zero-order valence-corrected chi connectivity index (χ0v) is 14.1. The third kappa shape index (κ3) is 3.05. The summed E-state index contributed by atoms with van der Waals surface area (Å²) in [7, 11) is 0. The molecule has 2 aliphatic heterocycles. The van der Waals surface area contributed by atoms with Crippen molar-refractivity contribution in [2.75, 3.05) is 6.54 Å². The number of nitrogens with one attached hydrogen (secondary N) is 1. The SMILES string of the molecule is C1=CCNC(c2nnc(C3=NC=CCC3)c3c2CCCCCC3)=C1. The molecule has 4 nitrogen and oxygen atoms in total. The highest BCUT2D eigenvalue weighted by Crippen LogP contribution is 2.29. The number of fused-ring (bicyclic) bond motifs is 1. The second-order valence-corrected chi connectivity index (χ2v) is 6.66. The molecule has 0 aromatic carbocycles. The number of nitrogens with zero attached hydrogens (tertiary/aromatic N) is 3. The van der Waals surface area contributed by atoms with Gasteiger partial charge in [0.15, 0.2) is 0 Å². The number of rotatable bonds is 2. The van der Waals surface area contributed by atoms with Crippen LogP contribution in [0.2, 0.25) is 0 Å². The molecule has 0 amide bonds. The predicted octanol–water partition coefficient (Wildman–Crippen LogP) is 3.73. The van der Waals surface area contributed by atoms with Gasteiger partial charge in [0, 0.05) is 12.7 Å². The van der Waals surface area contributed by atoms with Crippen LogP contribution in [0.4, 0.5) is 0 Å². The molecule has 0 unspecified atom stereocenters. The fourth-order valence-electron chi connectivity index (χ4n) is 3.75. The lowest BCUT2D eigenvalue weighted by Gasteiger charge is -2.22. The van der Waals surface area contributed by atoms with E-state index >= 15 is 0 Å². The second-order valence-electron chi connectivity index (χ2n) is 6.66. The van der Waals surface area contributed by atoms with Gasteiger partial charge < -0.3 is 5.32 Å². The molecule has 1 aliphatic carbocycles. The summed E-state index contributed by atoms with van der Waals surface area (Å²) in [6.07, 6.45) is 19.7. The Kier molecular flexibility index (Phi) is 4.54. The zero-order chi connectivity index (χ0) is 16.2. The standard InChI is InChI=1S/C20H24N4/c1-2-4-10-16-15(9-3-1)19(17-11-5-7-13-21-17)23-24-20(16)18-12-6-8-14-22-18/h5,7-8,11,14,21H,1-4,6,9-10,12-13H2. The Morgan fingerprint density at radius 1 is 0.833 bits per heavy atom. The Labute approximate surface area is 143 Å². The number of hydrogen-bond acceptors (Lipinski definition) is 4. The van der Waals surface area contributed by atoms with Crippen molar-refractivity contribution in [1.82, 2.24) is 15.5 Å². The highest BCUT2D eigenvalue weighted by Gasteiger charge is 2.22. The van der Waals surface area contributed by atoms with Gasteiger partial charge in [0.05, 0.1) is 11.4 Å². The van der Waals surface area contributed by atoms with E-state index in [0.717, 1.165) is 55.0 Å². The molecule has 0 spiro atoms. The van der Waals surface area contributed by atoms with Crippen molar-refractivity contribution in [3.63, 3.8) is 0 Å². The maximum absolute atomic E-state index is 4.64. The van der Waals surface area contributed by atoms with Crippen LogP contribution >= 0.6 is 0 Å². The van der Waals surface area contributed by atoms with Gasteiger partial charge in [-0.3, -0.25) is 4.99 Å². The van der Waals surface area contributed by atoms with Gasteiger partial charge in [-0.25, -0.2) is 0 Å². The van der Waals surface area contributed by atoms with Gasteiger partial charge in [-0.1, -0.05) is 31.1 Å². The molecule has 3 aliphatic rings. The van der Waals surface area contributed by atoms with Crippen LogP contribution in [-0.4, -0.2) is 22.5 Å². The lowest BCUT2D eigenvalue weighted by Crippen LogP contribution is -2.21. The van der Waals surface area contributed by atoms with Crippen molar-refractivity contribution in [2.24, 2.45) is 4.99 Å². The van der Waals surface area contributed by atoms with E-state index in [2.05, 4.69) is 44.8 Å². The molecule has 4 rings (SSSR count). The monoisotopic (exact) mass is 320 g/mol. The molecule has 0 bridgehead atoms. The van der Waals surface area contributed by atoms with Gasteiger partial charge in [0.2, 0.25) is 0 Å². The fourth-order valence-corrected chi connectivity index (χ4v) is 3.75. The van der Waals surface area contributed by atoms with E-state index in [1.807, 2.05) is 6.20 Å². The first-order valence-corrected chi connectivity index (χ1v) is 9.15. The molecule has 1 N–H and O–H groups in total. The molecule has 24 heavy (non-hydrogen) atoms. The van der Waals surface area contributed by atoms with E-state index < -0.39 is 0 Å². The van der Waals surface area contributed by atoms with Gasteiger partial charge in [-0.2, -0.15) is 0 Å². The van der Waals surface area contributed by atoms with Crippen LogP contribution in [0.25, 0.3) is 5.70 Å². The third-order valence-corrected chi connectivity index (χ3v) is 5.01.